The summed E-state index contributed by atoms with van der Waals surface area (Å²) in [6.07, 6.45) is 5.47. The predicted octanol–water partition coefficient (Wildman–Crippen LogP) is 3.89. The van der Waals surface area contributed by atoms with Crippen molar-refractivity contribution < 1.29 is 4.79 Å². The molecule has 0 saturated carbocycles. The van der Waals surface area contributed by atoms with Crippen molar-refractivity contribution in [2.45, 2.75) is 6.42 Å². The summed E-state index contributed by atoms with van der Waals surface area (Å²) in [6, 6.07) is 17.3. The number of H-pyrrole nitrogens is 2. The van der Waals surface area contributed by atoms with Crippen LogP contribution < -0.4 is 10.2 Å². The highest BCUT2D eigenvalue weighted by molar-refractivity contribution is 5.95. The summed E-state index contributed by atoms with van der Waals surface area (Å²) in [7, 11) is 2.14. The number of benzene rings is 1. The normalized spacial score (nSPS) is 14.1. The van der Waals surface area contributed by atoms with Crippen LogP contribution in [0, 0.1) is 0 Å². The topological polar surface area (TPSA) is 132 Å². The molecule has 204 valence electrons. The molecule has 1 amide bonds. The van der Waals surface area contributed by atoms with Gasteiger partial charge in [0.25, 0.3) is 0 Å². The molecule has 0 aliphatic carbocycles. The minimum absolute atomic E-state index is 0.106. The monoisotopic (exact) mass is 544 g/mol. The molecule has 7 rings (SSSR count). The van der Waals surface area contributed by atoms with E-state index in [0.29, 0.717) is 28.4 Å². The first-order valence-electron chi connectivity index (χ1n) is 13.5. The Kier molecular flexibility index (Phi) is 6.32. The molecule has 1 aliphatic rings. The number of piperazine rings is 1. The number of carbonyl (C=O) groups is 1. The first-order valence-corrected chi connectivity index (χ1v) is 13.5. The fourth-order valence-electron chi connectivity index (χ4n) is 5.14. The highest BCUT2D eigenvalue weighted by atomic mass is 16.1. The van der Waals surface area contributed by atoms with Gasteiger partial charge in [0.2, 0.25) is 5.91 Å². The van der Waals surface area contributed by atoms with E-state index in [4.69, 9.17) is 9.97 Å². The van der Waals surface area contributed by atoms with E-state index in [1.165, 1.54) is 0 Å². The van der Waals surface area contributed by atoms with Gasteiger partial charge in [0.1, 0.15) is 11.0 Å². The number of aromatic nitrogens is 7. The van der Waals surface area contributed by atoms with Crippen molar-refractivity contribution in [1.29, 1.82) is 0 Å². The zero-order valence-corrected chi connectivity index (χ0v) is 22.5. The molecule has 0 atom stereocenters. The van der Waals surface area contributed by atoms with Crippen molar-refractivity contribution in [2.24, 2.45) is 0 Å². The standard InChI is InChI=1S/C30H28N10O/c1-39-11-13-40(14-12-39)30-27-23(9-10-32-30)35-29(36-27)28-26-24(37-38-28)8-7-22(34-26)20-16-21(18-31-17-20)33-25(41)15-19-5-3-2-4-6-19/h2-10,16-18H,11-15H2,1H3,(H,33,41)(H,35,36)(H,37,38). The predicted molar refractivity (Wildman–Crippen MR) is 158 cm³/mol. The van der Waals surface area contributed by atoms with Gasteiger partial charge in [-0.15, -0.1) is 0 Å². The molecule has 11 nitrogen and oxygen atoms in total. The number of hydrogen-bond acceptors (Lipinski definition) is 8. The van der Waals surface area contributed by atoms with Crippen LogP contribution in [0.5, 0.6) is 0 Å². The molecule has 0 radical (unpaired) electrons. The average Bonchev–Trinajstić information content (AvgIpc) is 3.62. The summed E-state index contributed by atoms with van der Waals surface area (Å²) < 4.78 is 0. The quantitative estimate of drug-likeness (QED) is 0.288. The third-order valence-electron chi connectivity index (χ3n) is 7.34. The number of likely N-dealkylation sites (N-methyl/N-ethyl adjacent to an activating group) is 1. The van der Waals surface area contributed by atoms with Gasteiger partial charge in [0.15, 0.2) is 17.3 Å². The van der Waals surface area contributed by atoms with Crippen LogP contribution in [-0.2, 0) is 11.2 Å². The largest absolute Gasteiger partial charge is 0.352 e. The Balaban J connectivity index is 1.18. The lowest BCUT2D eigenvalue weighted by atomic mass is 10.1. The molecule has 1 saturated heterocycles. The minimum atomic E-state index is -0.106. The molecule has 0 bridgehead atoms. The van der Waals surface area contributed by atoms with Gasteiger partial charge in [-0.3, -0.25) is 14.9 Å². The van der Waals surface area contributed by atoms with Crippen molar-refractivity contribution in [1.82, 2.24) is 40.0 Å². The number of amides is 1. The number of imidazole rings is 1. The van der Waals surface area contributed by atoms with E-state index in [0.717, 1.165) is 59.7 Å². The molecule has 3 N–H and O–H groups in total. The van der Waals surface area contributed by atoms with Crippen molar-refractivity contribution in [3.63, 3.8) is 0 Å². The highest BCUT2D eigenvalue weighted by Crippen LogP contribution is 2.30. The van der Waals surface area contributed by atoms with E-state index in [1.807, 2.05) is 60.8 Å². The first kappa shape index (κ1) is 24.9. The average molecular weight is 545 g/mol. The van der Waals surface area contributed by atoms with Crippen molar-refractivity contribution in [3.05, 3.63) is 78.8 Å². The summed E-state index contributed by atoms with van der Waals surface area (Å²) >= 11 is 0. The summed E-state index contributed by atoms with van der Waals surface area (Å²) in [6.45, 7) is 3.78. The molecule has 41 heavy (non-hydrogen) atoms. The summed E-state index contributed by atoms with van der Waals surface area (Å²) in [5.74, 6) is 1.40. The van der Waals surface area contributed by atoms with Crippen LogP contribution in [0.3, 0.4) is 0 Å². The van der Waals surface area contributed by atoms with Crippen molar-refractivity contribution in [3.8, 4) is 22.8 Å². The Bertz CT molecular complexity index is 1850. The Labute approximate surface area is 235 Å². The minimum Gasteiger partial charge on any atom is -0.352 e. The fourth-order valence-corrected chi connectivity index (χ4v) is 5.14. The number of nitrogens with zero attached hydrogens (tertiary/aromatic N) is 7. The van der Waals surface area contributed by atoms with E-state index in [9.17, 15) is 4.79 Å². The molecule has 1 fully saturated rings. The van der Waals surface area contributed by atoms with Gasteiger partial charge in [-0.25, -0.2) is 15.0 Å². The third-order valence-corrected chi connectivity index (χ3v) is 7.34. The molecule has 11 heteroatoms. The van der Waals surface area contributed by atoms with Gasteiger partial charge in [0.05, 0.1) is 35.0 Å². The lowest BCUT2D eigenvalue weighted by Gasteiger charge is -2.33. The smallest absolute Gasteiger partial charge is 0.228 e. The van der Waals surface area contributed by atoms with Crippen molar-refractivity contribution in [2.75, 3.05) is 43.4 Å². The van der Waals surface area contributed by atoms with E-state index in [-0.39, 0.29) is 12.3 Å². The van der Waals surface area contributed by atoms with Gasteiger partial charge in [-0.05, 0) is 36.9 Å². The summed E-state index contributed by atoms with van der Waals surface area (Å²) in [4.78, 5) is 39.5. The number of anilines is 2. The second kappa shape index (κ2) is 10.4. The SMILES string of the molecule is CN1CCN(c2nccc3[nH]c(-c4n[nH]c5ccc(-c6cncc(NC(=O)Cc7ccccc7)c6)nc45)nc23)CC1. The molecule has 1 aromatic carbocycles. The number of nitrogens with one attached hydrogen (secondary N) is 3. The Morgan fingerprint density at radius 1 is 0.951 bits per heavy atom. The van der Waals surface area contributed by atoms with Crippen LogP contribution >= 0.6 is 0 Å². The van der Waals surface area contributed by atoms with Gasteiger partial charge in [0, 0.05) is 44.1 Å². The summed E-state index contributed by atoms with van der Waals surface area (Å²) in [5, 5.41) is 10.6. The van der Waals surface area contributed by atoms with Crippen LogP contribution in [0.15, 0.2) is 73.2 Å². The molecule has 0 unspecified atom stereocenters. The number of hydrogen-bond donors (Lipinski definition) is 3. The number of aromatic amines is 2. The lowest BCUT2D eigenvalue weighted by Crippen LogP contribution is -2.44. The van der Waals surface area contributed by atoms with Crippen LogP contribution in [0.1, 0.15) is 5.56 Å². The molecule has 1 aliphatic heterocycles. The van der Waals surface area contributed by atoms with Gasteiger partial charge < -0.3 is 20.1 Å². The zero-order chi connectivity index (χ0) is 27.8. The Hall–Kier alpha value is -5.16. The van der Waals surface area contributed by atoms with Gasteiger partial charge in [-0.1, -0.05) is 30.3 Å². The third kappa shape index (κ3) is 4.98. The zero-order valence-electron chi connectivity index (χ0n) is 22.5. The van der Waals surface area contributed by atoms with Crippen molar-refractivity contribution >= 4 is 39.5 Å². The maximum Gasteiger partial charge on any atom is 0.228 e. The van der Waals surface area contributed by atoms with E-state index in [1.54, 1.807) is 12.4 Å². The van der Waals surface area contributed by atoms with Gasteiger partial charge in [-0.2, -0.15) is 5.10 Å². The second-order valence-corrected chi connectivity index (χ2v) is 10.2. The maximum absolute atomic E-state index is 12.6. The molecule has 6 heterocycles. The highest BCUT2D eigenvalue weighted by Gasteiger charge is 2.21. The summed E-state index contributed by atoms with van der Waals surface area (Å²) in [5.41, 5.74) is 6.88. The van der Waals surface area contributed by atoms with Crippen LogP contribution in [0.2, 0.25) is 0 Å². The lowest BCUT2D eigenvalue weighted by molar-refractivity contribution is -0.115. The first-order chi connectivity index (χ1) is 20.1. The van der Waals surface area contributed by atoms with E-state index in [2.05, 4.69) is 47.3 Å². The Morgan fingerprint density at radius 3 is 2.66 bits per heavy atom. The maximum atomic E-state index is 12.6. The van der Waals surface area contributed by atoms with E-state index >= 15 is 0 Å². The van der Waals surface area contributed by atoms with E-state index < -0.39 is 0 Å². The number of fused-ring (bicyclic) bond motifs is 2. The molecule has 6 aromatic rings. The fraction of sp³-hybridized carbons (Fsp3) is 0.200. The number of pyridine rings is 3. The Morgan fingerprint density at radius 2 is 1.80 bits per heavy atom. The van der Waals surface area contributed by atoms with Crippen LogP contribution in [-0.4, -0.2) is 79.2 Å². The molecule has 5 aromatic heterocycles. The molecular formula is C30H28N10O. The van der Waals surface area contributed by atoms with Gasteiger partial charge >= 0.3 is 0 Å². The molecular weight excluding hydrogens is 516 g/mol. The number of carbonyl (C=O) groups excluding carboxylic acids is 1. The molecule has 0 spiro atoms. The second-order valence-electron chi connectivity index (χ2n) is 10.2. The van der Waals surface area contributed by atoms with Crippen LogP contribution in [0.4, 0.5) is 11.5 Å². The number of rotatable bonds is 6. The van der Waals surface area contributed by atoms with Crippen LogP contribution in [0.25, 0.3) is 44.8 Å².